The Kier molecular flexibility index (Phi) is 5.45. The zero-order valence-corrected chi connectivity index (χ0v) is 16.9. The standard InChI is InChI=1S/C22H18F4N4O2/c1-12-4-5-13(20(31)29-17-10-14(22(24,25)26)6-7-15(17)23)9-16(12)28-21(32)18-11-27-19-3-2-8-30(18)19/h4-7,9-11H,2-3,8H2,1H3,(H,28,32)(H,29,31). The number of carbonyl (C=O) groups excluding carboxylic acids is 2. The third kappa shape index (κ3) is 4.20. The molecule has 3 aromatic rings. The minimum Gasteiger partial charge on any atom is -0.324 e. The lowest BCUT2D eigenvalue weighted by Gasteiger charge is -2.13. The molecule has 10 heteroatoms. The molecule has 0 aliphatic carbocycles. The molecule has 2 amide bonds. The van der Waals surface area contributed by atoms with Crippen molar-refractivity contribution in [2.75, 3.05) is 10.6 Å². The van der Waals surface area contributed by atoms with Gasteiger partial charge in [-0.1, -0.05) is 6.07 Å². The third-order valence-corrected chi connectivity index (χ3v) is 5.24. The summed E-state index contributed by atoms with van der Waals surface area (Å²) in [6.07, 6.45) is -1.48. The van der Waals surface area contributed by atoms with Crippen molar-refractivity contribution in [3.8, 4) is 0 Å². The monoisotopic (exact) mass is 446 g/mol. The minimum absolute atomic E-state index is 0.0428. The van der Waals surface area contributed by atoms with Gasteiger partial charge in [0.05, 0.1) is 17.4 Å². The molecule has 0 atom stereocenters. The van der Waals surface area contributed by atoms with Crippen LogP contribution in [0.2, 0.25) is 0 Å². The van der Waals surface area contributed by atoms with Crippen molar-refractivity contribution < 1.29 is 27.2 Å². The van der Waals surface area contributed by atoms with Crippen molar-refractivity contribution >= 4 is 23.2 Å². The van der Waals surface area contributed by atoms with Gasteiger partial charge >= 0.3 is 6.18 Å². The number of nitrogens with one attached hydrogen (secondary N) is 2. The molecule has 2 aromatic carbocycles. The summed E-state index contributed by atoms with van der Waals surface area (Å²) in [7, 11) is 0. The number of aromatic nitrogens is 2. The number of alkyl halides is 3. The summed E-state index contributed by atoms with van der Waals surface area (Å²) in [6, 6.07) is 6.16. The van der Waals surface area contributed by atoms with E-state index in [4.69, 9.17) is 0 Å². The second-order valence-corrected chi connectivity index (χ2v) is 7.45. The number of rotatable bonds is 4. The van der Waals surface area contributed by atoms with Gasteiger partial charge in [-0.3, -0.25) is 9.59 Å². The van der Waals surface area contributed by atoms with Gasteiger partial charge in [-0.15, -0.1) is 0 Å². The van der Waals surface area contributed by atoms with Crippen LogP contribution >= 0.6 is 0 Å². The number of benzene rings is 2. The Morgan fingerprint density at radius 3 is 2.53 bits per heavy atom. The summed E-state index contributed by atoms with van der Waals surface area (Å²) in [5.41, 5.74) is -0.216. The molecule has 0 radical (unpaired) electrons. The first-order chi connectivity index (χ1) is 15.1. The summed E-state index contributed by atoms with van der Waals surface area (Å²) < 4.78 is 54.5. The van der Waals surface area contributed by atoms with E-state index < -0.39 is 35.1 Å². The Morgan fingerprint density at radius 1 is 1.03 bits per heavy atom. The second kappa shape index (κ2) is 8.10. The van der Waals surface area contributed by atoms with Crippen molar-refractivity contribution in [2.45, 2.75) is 32.5 Å². The summed E-state index contributed by atoms with van der Waals surface area (Å²) in [5, 5.41) is 4.90. The summed E-state index contributed by atoms with van der Waals surface area (Å²) >= 11 is 0. The van der Waals surface area contributed by atoms with Gasteiger partial charge in [0, 0.05) is 24.2 Å². The summed E-state index contributed by atoms with van der Waals surface area (Å²) in [4.78, 5) is 29.5. The van der Waals surface area contributed by atoms with Crippen molar-refractivity contribution in [3.05, 3.63) is 76.6 Å². The van der Waals surface area contributed by atoms with E-state index in [1.807, 2.05) is 4.57 Å². The van der Waals surface area contributed by atoms with Gasteiger partial charge in [0.15, 0.2) is 0 Å². The van der Waals surface area contributed by atoms with Gasteiger partial charge < -0.3 is 15.2 Å². The number of halogens is 4. The van der Waals surface area contributed by atoms with Crippen LogP contribution in [0.25, 0.3) is 0 Å². The molecule has 6 nitrogen and oxygen atoms in total. The second-order valence-electron chi connectivity index (χ2n) is 7.45. The highest BCUT2D eigenvalue weighted by Gasteiger charge is 2.31. The number of anilines is 2. The average molecular weight is 446 g/mol. The van der Waals surface area contributed by atoms with Crippen LogP contribution in [0.5, 0.6) is 0 Å². The molecule has 1 aromatic heterocycles. The van der Waals surface area contributed by atoms with Crippen LogP contribution < -0.4 is 10.6 Å². The molecule has 1 aliphatic rings. The number of hydrogen-bond acceptors (Lipinski definition) is 3. The number of fused-ring (bicyclic) bond motifs is 1. The molecule has 0 bridgehead atoms. The maximum absolute atomic E-state index is 14.0. The van der Waals surface area contributed by atoms with Crippen LogP contribution in [-0.2, 0) is 19.1 Å². The number of carbonyl (C=O) groups is 2. The predicted octanol–water partition coefficient (Wildman–Crippen LogP) is 4.80. The predicted molar refractivity (Wildman–Crippen MR) is 109 cm³/mol. The van der Waals surface area contributed by atoms with Gasteiger partial charge in [0.2, 0.25) is 0 Å². The number of imidazole rings is 1. The third-order valence-electron chi connectivity index (χ3n) is 5.24. The molecule has 32 heavy (non-hydrogen) atoms. The van der Waals surface area contributed by atoms with Crippen molar-refractivity contribution in [3.63, 3.8) is 0 Å². The van der Waals surface area contributed by atoms with E-state index in [0.29, 0.717) is 41.7 Å². The molecular formula is C22H18F4N4O2. The summed E-state index contributed by atoms with van der Waals surface area (Å²) in [6.45, 7) is 2.42. The first-order valence-corrected chi connectivity index (χ1v) is 9.78. The van der Waals surface area contributed by atoms with E-state index >= 15 is 0 Å². The molecule has 2 heterocycles. The van der Waals surface area contributed by atoms with Gasteiger partial charge in [0.1, 0.15) is 17.3 Å². The highest BCUT2D eigenvalue weighted by atomic mass is 19.4. The largest absolute Gasteiger partial charge is 0.416 e. The summed E-state index contributed by atoms with van der Waals surface area (Å²) in [5.74, 6) is -1.37. The Labute approximate surface area is 180 Å². The van der Waals surface area contributed by atoms with Gasteiger partial charge in [-0.05, 0) is 49.2 Å². The Morgan fingerprint density at radius 2 is 1.78 bits per heavy atom. The fraction of sp³-hybridized carbons (Fsp3) is 0.227. The average Bonchev–Trinajstić information content (AvgIpc) is 3.34. The van der Waals surface area contributed by atoms with E-state index in [9.17, 15) is 27.2 Å². The smallest absolute Gasteiger partial charge is 0.324 e. The topological polar surface area (TPSA) is 76.0 Å². The Bertz CT molecular complexity index is 1220. The first-order valence-electron chi connectivity index (χ1n) is 9.78. The van der Waals surface area contributed by atoms with Crippen molar-refractivity contribution in [1.29, 1.82) is 0 Å². The van der Waals surface area contributed by atoms with Crippen molar-refractivity contribution in [2.24, 2.45) is 0 Å². The van der Waals surface area contributed by atoms with Crippen LogP contribution in [0.3, 0.4) is 0 Å². The number of hydrogen-bond donors (Lipinski definition) is 2. The van der Waals surface area contributed by atoms with Crippen LogP contribution in [0.1, 0.15) is 44.2 Å². The SMILES string of the molecule is Cc1ccc(C(=O)Nc2cc(C(F)(F)F)ccc2F)cc1NC(=O)c1cnc2n1CCC2. The van der Waals surface area contributed by atoms with E-state index in [-0.39, 0.29) is 5.56 Å². The number of nitrogens with zero attached hydrogens (tertiary/aromatic N) is 2. The Balaban J connectivity index is 1.55. The van der Waals surface area contributed by atoms with Crippen LogP contribution in [0.4, 0.5) is 28.9 Å². The number of aryl methyl sites for hydroxylation is 2. The zero-order valence-electron chi connectivity index (χ0n) is 16.9. The molecule has 0 spiro atoms. The molecular weight excluding hydrogens is 428 g/mol. The zero-order chi connectivity index (χ0) is 23.0. The number of amides is 2. The van der Waals surface area contributed by atoms with Crippen LogP contribution in [0.15, 0.2) is 42.6 Å². The van der Waals surface area contributed by atoms with Crippen LogP contribution in [-0.4, -0.2) is 21.4 Å². The highest BCUT2D eigenvalue weighted by molar-refractivity contribution is 6.07. The molecule has 2 N–H and O–H groups in total. The maximum atomic E-state index is 14.0. The van der Waals surface area contributed by atoms with E-state index in [1.165, 1.54) is 18.3 Å². The van der Waals surface area contributed by atoms with Gasteiger partial charge in [0.25, 0.3) is 11.8 Å². The highest BCUT2D eigenvalue weighted by Crippen LogP contribution is 2.32. The lowest BCUT2D eigenvalue weighted by molar-refractivity contribution is -0.137. The van der Waals surface area contributed by atoms with Gasteiger partial charge in [-0.2, -0.15) is 13.2 Å². The Hall–Kier alpha value is -3.69. The lowest BCUT2D eigenvalue weighted by Crippen LogP contribution is -2.18. The first kappa shape index (κ1) is 21.5. The quantitative estimate of drug-likeness (QED) is 0.566. The molecule has 0 fully saturated rings. The van der Waals surface area contributed by atoms with E-state index in [2.05, 4.69) is 15.6 Å². The molecule has 0 unspecified atom stereocenters. The lowest BCUT2D eigenvalue weighted by atomic mass is 10.1. The van der Waals surface area contributed by atoms with Crippen molar-refractivity contribution in [1.82, 2.24) is 9.55 Å². The van der Waals surface area contributed by atoms with Crippen LogP contribution in [0, 0.1) is 12.7 Å². The van der Waals surface area contributed by atoms with E-state index in [0.717, 1.165) is 18.7 Å². The fourth-order valence-electron chi connectivity index (χ4n) is 3.52. The fourth-order valence-corrected chi connectivity index (χ4v) is 3.52. The van der Waals surface area contributed by atoms with E-state index in [1.54, 1.807) is 13.0 Å². The molecule has 166 valence electrons. The molecule has 1 aliphatic heterocycles. The molecule has 0 saturated heterocycles. The normalized spacial score (nSPS) is 13.0. The van der Waals surface area contributed by atoms with Gasteiger partial charge in [-0.25, -0.2) is 9.37 Å². The molecule has 4 rings (SSSR count). The molecule has 0 saturated carbocycles. The maximum Gasteiger partial charge on any atom is 0.416 e. The minimum atomic E-state index is -4.68.